The number of rotatable bonds is 4. The molecule has 3 nitrogen and oxygen atoms in total. The van der Waals surface area contributed by atoms with E-state index in [2.05, 4.69) is 47.8 Å². The molecule has 4 rings (SSSR count). The molecule has 0 spiro atoms. The summed E-state index contributed by atoms with van der Waals surface area (Å²) in [6.45, 7) is 2.04. The lowest BCUT2D eigenvalue weighted by molar-refractivity contribution is -0.119. The monoisotopic (exact) mass is 375 g/mol. The Morgan fingerprint density at radius 3 is 2.48 bits per heavy atom. The fourth-order valence-corrected chi connectivity index (χ4v) is 4.74. The molecule has 4 heteroatoms. The maximum atomic E-state index is 12.5. The Morgan fingerprint density at radius 2 is 1.81 bits per heavy atom. The molecule has 1 saturated heterocycles. The molecule has 1 fully saturated rings. The molecule has 2 aromatic rings. The van der Waals surface area contributed by atoms with Crippen LogP contribution < -0.4 is 5.32 Å². The van der Waals surface area contributed by atoms with E-state index >= 15 is 0 Å². The highest BCUT2D eigenvalue weighted by molar-refractivity contribution is 8.15. The van der Waals surface area contributed by atoms with Crippen LogP contribution in [0.3, 0.4) is 0 Å². The first-order chi connectivity index (χ1) is 13.1. The number of thioether (sulfide) groups is 1. The highest BCUT2D eigenvalue weighted by atomic mass is 32.2. The molecule has 1 aliphatic heterocycles. The van der Waals surface area contributed by atoms with Crippen LogP contribution in [-0.4, -0.2) is 16.4 Å². The summed E-state index contributed by atoms with van der Waals surface area (Å²) in [7, 11) is 0. The number of aryl methyl sites for hydroxylation is 1. The zero-order valence-electron chi connectivity index (χ0n) is 15.1. The molecule has 27 heavy (non-hydrogen) atoms. The first-order valence-electron chi connectivity index (χ1n) is 9.17. The zero-order chi connectivity index (χ0) is 18.8. The van der Waals surface area contributed by atoms with Crippen LogP contribution >= 0.6 is 11.8 Å². The summed E-state index contributed by atoms with van der Waals surface area (Å²) in [5, 5.41) is 1.72. The van der Waals surface area contributed by atoms with Crippen molar-refractivity contribution in [1.82, 2.24) is 5.32 Å². The summed E-state index contributed by atoms with van der Waals surface area (Å²) in [5.74, 6) is -0.381. The SMILES string of the molecule is Cc1cccc(C(c2cccc(C3=CCCC=C3)c2)C2SC(=O)NC2=O)c1. The number of carbonyl (C=O) groups excluding carboxylic acids is 2. The molecule has 0 radical (unpaired) electrons. The summed E-state index contributed by atoms with van der Waals surface area (Å²) in [6.07, 6.45) is 8.73. The van der Waals surface area contributed by atoms with Gasteiger partial charge in [0.15, 0.2) is 0 Å². The van der Waals surface area contributed by atoms with E-state index in [4.69, 9.17) is 0 Å². The molecule has 2 unspecified atom stereocenters. The van der Waals surface area contributed by atoms with Crippen LogP contribution in [0.1, 0.15) is 41.0 Å². The van der Waals surface area contributed by atoms with Gasteiger partial charge in [-0.25, -0.2) is 0 Å². The van der Waals surface area contributed by atoms with Crippen LogP contribution in [-0.2, 0) is 4.79 Å². The molecule has 1 aliphatic carbocycles. The first-order valence-corrected chi connectivity index (χ1v) is 10.0. The van der Waals surface area contributed by atoms with E-state index in [1.807, 2.05) is 31.2 Å². The van der Waals surface area contributed by atoms with Gasteiger partial charge in [-0.05, 0) is 42.0 Å². The minimum Gasteiger partial charge on any atom is -0.286 e. The third kappa shape index (κ3) is 3.76. The Morgan fingerprint density at radius 1 is 1.04 bits per heavy atom. The van der Waals surface area contributed by atoms with Crippen molar-refractivity contribution in [2.75, 3.05) is 0 Å². The van der Waals surface area contributed by atoms with Gasteiger partial charge in [0.2, 0.25) is 5.91 Å². The molecule has 1 heterocycles. The Hall–Kier alpha value is -2.59. The van der Waals surface area contributed by atoms with Gasteiger partial charge in [0.25, 0.3) is 5.24 Å². The lowest BCUT2D eigenvalue weighted by Gasteiger charge is -2.23. The summed E-state index contributed by atoms with van der Waals surface area (Å²) < 4.78 is 0. The topological polar surface area (TPSA) is 46.2 Å². The normalized spacial score (nSPS) is 20.3. The van der Waals surface area contributed by atoms with E-state index in [0.717, 1.165) is 46.9 Å². The molecule has 0 bridgehead atoms. The molecule has 2 aromatic carbocycles. The fourth-order valence-electron chi connectivity index (χ4n) is 3.73. The van der Waals surface area contributed by atoms with E-state index < -0.39 is 5.25 Å². The second kappa shape index (κ2) is 7.57. The number of allylic oxidation sites excluding steroid dienone is 4. The highest BCUT2D eigenvalue weighted by Gasteiger charge is 2.39. The molecule has 2 aliphatic rings. The van der Waals surface area contributed by atoms with Crippen molar-refractivity contribution in [1.29, 1.82) is 0 Å². The van der Waals surface area contributed by atoms with Crippen molar-refractivity contribution in [3.8, 4) is 0 Å². The van der Waals surface area contributed by atoms with Crippen LogP contribution in [0.2, 0.25) is 0 Å². The van der Waals surface area contributed by atoms with Gasteiger partial charge < -0.3 is 0 Å². The number of nitrogens with one attached hydrogen (secondary N) is 1. The smallest absolute Gasteiger partial charge is 0.286 e. The van der Waals surface area contributed by atoms with Gasteiger partial charge in [0.1, 0.15) is 5.25 Å². The molecule has 136 valence electrons. The number of benzene rings is 2. The van der Waals surface area contributed by atoms with Gasteiger partial charge in [0, 0.05) is 5.92 Å². The van der Waals surface area contributed by atoms with Gasteiger partial charge in [-0.1, -0.05) is 84.1 Å². The van der Waals surface area contributed by atoms with Crippen LogP contribution in [0, 0.1) is 6.92 Å². The molecule has 0 aromatic heterocycles. The second-order valence-electron chi connectivity index (χ2n) is 6.97. The minimum absolute atomic E-state index is 0.172. The van der Waals surface area contributed by atoms with E-state index in [0.29, 0.717) is 0 Å². The first kappa shape index (κ1) is 17.8. The van der Waals surface area contributed by atoms with Crippen LogP contribution in [0.4, 0.5) is 4.79 Å². The maximum absolute atomic E-state index is 12.5. The van der Waals surface area contributed by atoms with Crippen molar-refractivity contribution in [2.45, 2.75) is 30.9 Å². The lowest BCUT2D eigenvalue weighted by Crippen LogP contribution is -2.29. The summed E-state index contributed by atoms with van der Waals surface area (Å²) in [5.41, 5.74) is 5.62. The average Bonchev–Trinajstić information content (AvgIpc) is 3.01. The van der Waals surface area contributed by atoms with E-state index in [9.17, 15) is 9.59 Å². The highest BCUT2D eigenvalue weighted by Crippen LogP contribution is 2.39. The number of amides is 2. The van der Waals surface area contributed by atoms with E-state index in [1.54, 1.807) is 0 Å². The Labute approximate surface area is 163 Å². The third-order valence-electron chi connectivity index (χ3n) is 5.00. The maximum Gasteiger partial charge on any atom is 0.286 e. The van der Waals surface area contributed by atoms with Crippen molar-refractivity contribution in [2.24, 2.45) is 0 Å². The van der Waals surface area contributed by atoms with E-state index in [1.165, 1.54) is 5.57 Å². The lowest BCUT2D eigenvalue weighted by atomic mass is 9.85. The predicted molar refractivity (Wildman–Crippen MR) is 111 cm³/mol. The van der Waals surface area contributed by atoms with Crippen molar-refractivity contribution < 1.29 is 9.59 Å². The quantitative estimate of drug-likeness (QED) is 0.798. The zero-order valence-corrected chi connectivity index (χ0v) is 16.0. The molecule has 2 atom stereocenters. The van der Waals surface area contributed by atoms with Crippen LogP contribution in [0.5, 0.6) is 0 Å². The molecular formula is C23H21NO2S. The predicted octanol–water partition coefficient (Wildman–Crippen LogP) is 5.21. The van der Waals surface area contributed by atoms with Crippen LogP contribution in [0.15, 0.2) is 66.8 Å². The van der Waals surface area contributed by atoms with Crippen molar-refractivity contribution in [3.05, 3.63) is 89.0 Å². The van der Waals surface area contributed by atoms with Gasteiger partial charge in [0.05, 0.1) is 0 Å². The Balaban J connectivity index is 1.79. The van der Waals surface area contributed by atoms with Gasteiger partial charge in [-0.3, -0.25) is 14.9 Å². The number of hydrogen-bond acceptors (Lipinski definition) is 3. The Kier molecular flexibility index (Phi) is 4.99. The van der Waals surface area contributed by atoms with Gasteiger partial charge in [-0.15, -0.1) is 0 Å². The minimum atomic E-state index is -0.453. The molecule has 1 N–H and O–H groups in total. The summed E-state index contributed by atoms with van der Waals surface area (Å²) in [6, 6.07) is 16.6. The number of hydrogen-bond donors (Lipinski definition) is 1. The Bertz CT molecular complexity index is 960. The number of carbonyl (C=O) groups is 2. The standard InChI is InChI=1S/C23H21NO2S/c1-15-7-5-11-18(13-15)20(21-22(25)24-23(26)27-21)19-12-6-10-17(14-19)16-8-3-2-4-9-16/h3,5-14,20-21H,2,4H2,1H3,(H,24,25,26). The van der Waals surface area contributed by atoms with Gasteiger partial charge in [-0.2, -0.15) is 0 Å². The third-order valence-corrected chi connectivity index (χ3v) is 6.05. The fraction of sp³-hybridized carbons (Fsp3) is 0.217. The van der Waals surface area contributed by atoms with Crippen molar-refractivity contribution >= 4 is 28.5 Å². The molecular weight excluding hydrogens is 354 g/mol. The molecule has 2 amide bonds. The van der Waals surface area contributed by atoms with E-state index in [-0.39, 0.29) is 17.1 Å². The van der Waals surface area contributed by atoms with Gasteiger partial charge >= 0.3 is 0 Å². The van der Waals surface area contributed by atoms with Crippen LogP contribution in [0.25, 0.3) is 5.57 Å². The van der Waals surface area contributed by atoms with Crippen molar-refractivity contribution in [3.63, 3.8) is 0 Å². The second-order valence-corrected chi connectivity index (χ2v) is 8.09. The number of imide groups is 1. The largest absolute Gasteiger partial charge is 0.286 e. The summed E-state index contributed by atoms with van der Waals surface area (Å²) in [4.78, 5) is 24.3. The summed E-state index contributed by atoms with van der Waals surface area (Å²) >= 11 is 1.09. The molecule has 0 saturated carbocycles. The average molecular weight is 375 g/mol.